The molecule has 1 aliphatic rings. The van der Waals surface area contributed by atoms with Gasteiger partial charge < -0.3 is 9.84 Å². The van der Waals surface area contributed by atoms with Crippen LogP contribution in [0.4, 0.5) is 5.69 Å². The molecule has 1 atom stereocenters. The smallest absolute Gasteiger partial charge is 0.300 e. The van der Waals surface area contributed by atoms with E-state index >= 15 is 0 Å². The summed E-state index contributed by atoms with van der Waals surface area (Å²) in [6.07, 6.45) is 2.46. The molecule has 4 rings (SSSR count). The Kier molecular flexibility index (Phi) is 6.47. The van der Waals surface area contributed by atoms with Crippen molar-refractivity contribution < 1.29 is 19.4 Å². The fourth-order valence-corrected chi connectivity index (χ4v) is 3.97. The number of hydrogen-bond acceptors (Lipinski definition) is 5. The highest BCUT2D eigenvalue weighted by Crippen LogP contribution is 2.42. The van der Waals surface area contributed by atoms with Crippen LogP contribution in [0.5, 0.6) is 5.75 Å². The first-order chi connectivity index (χ1) is 15.9. The van der Waals surface area contributed by atoms with Gasteiger partial charge in [0.15, 0.2) is 0 Å². The number of hydrogen-bond donors (Lipinski definition) is 1. The third-order valence-electron chi connectivity index (χ3n) is 5.43. The van der Waals surface area contributed by atoms with Crippen LogP contribution < -0.4 is 9.64 Å². The van der Waals surface area contributed by atoms with Crippen molar-refractivity contribution in [2.45, 2.75) is 26.3 Å². The van der Waals surface area contributed by atoms with Gasteiger partial charge in [0.25, 0.3) is 11.7 Å². The number of amides is 1. The molecular formula is C26H23ClN2O4. The van der Waals surface area contributed by atoms with Crippen molar-refractivity contribution >= 4 is 34.7 Å². The Hall–Kier alpha value is -3.64. The van der Waals surface area contributed by atoms with Crippen LogP contribution in [-0.4, -0.2) is 28.4 Å². The van der Waals surface area contributed by atoms with Gasteiger partial charge in [-0.3, -0.25) is 19.5 Å². The predicted octanol–water partition coefficient (Wildman–Crippen LogP) is 5.46. The highest BCUT2D eigenvalue weighted by atomic mass is 35.5. The van der Waals surface area contributed by atoms with E-state index in [1.165, 1.54) is 4.90 Å². The molecule has 0 saturated carbocycles. The number of carbonyl (C=O) groups is 2. The highest BCUT2D eigenvalue weighted by molar-refractivity contribution is 6.51. The second kappa shape index (κ2) is 9.46. The Morgan fingerprint density at radius 3 is 2.52 bits per heavy atom. The van der Waals surface area contributed by atoms with E-state index in [1.807, 2.05) is 13.8 Å². The first kappa shape index (κ1) is 22.6. The summed E-state index contributed by atoms with van der Waals surface area (Å²) in [5.74, 6) is -1.07. The first-order valence-corrected chi connectivity index (χ1v) is 11.0. The summed E-state index contributed by atoms with van der Waals surface area (Å²) in [5, 5.41) is 11.7. The quantitative estimate of drug-likeness (QED) is 0.299. The van der Waals surface area contributed by atoms with Gasteiger partial charge >= 0.3 is 0 Å². The second-order valence-corrected chi connectivity index (χ2v) is 8.17. The lowest BCUT2D eigenvalue weighted by atomic mass is 9.97. The molecule has 1 fully saturated rings. The minimum Gasteiger partial charge on any atom is -0.507 e. The fraction of sp³-hybridized carbons (Fsp3) is 0.192. The molecule has 0 aliphatic carbocycles. The van der Waals surface area contributed by atoms with Gasteiger partial charge in [-0.05, 0) is 73.5 Å². The van der Waals surface area contributed by atoms with Crippen molar-refractivity contribution in [2.24, 2.45) is 0 Å². The molecule has 1 aromatic heterocycles. The van der Waals surface area contributed by atoms with Gasteiger partial charge in [-0.1, -0.05) is 24.6 Å². The molecule has 168 valence electrons. The number of aryl methyl sites for hydroxylation is 1. The summed E-state index contributed by atoms with van der Waals surface area (Å²) >= 11 is 6.01. The average molecular weight is 463 g/mol. The zero-order valence-electron chi connectivity index (χ0n) is 18.3. The molecule has 1 amide bonds. The van der Waals surface area contributed by atoms with Crippen LogP contribution in [0.2, 0.25) is 5.02 Å². The number of nitrogens with zero attached hydrogens (tertiary/aromatic N) is 2. The molecule has 1 unspecified atom stereocenters. The van der Waals surface area contributed by atoms with Crippen molar-refractivity contribution in [3.05, 3.63) is 94.3 Å². The lowest BCUT2D eigenvalue weighted by Crippen LogP contribution is -2.29. The number of aliphatic hydroxyl groups excluding tert-OH is 1. The number of rotatable bonds is 6. The number of carbonyl (C=O) groups excluding carboxylic acids is 2. The van der Waals surface area contributed by atoms with Crippen LogP contribution >= 0.6 is 11.6 Å². The van der Waals surface area contributed by atoms with Crippen LogP contribution in [0.15, 0.2) is 72.4 Å². The van der Waals surface area contributed by atoms with Gasteiger partial charge in [0.1, 0.15) is 17.6 Å². The van der Waals surface area contributed by atoms with Crippen LogP contribution in [0.25, 0.3) is 5.76 Å². The van der Waals surface area contributed by atoms with Crippen LogP contribution in [0.3, 0.4) is 0 Å². The number of aliphatic hydroxyl groups is 1. The molecule has 0 bridgehead atoms. The Balaban J connectivity index is 1.85. The van der Waals surface area contributed by atoms with E-state index in [-0.39, 0.29) is 11.3 Å². The third kappa shape index (κ3) is 4.34. The van der Waals surface area contributed by atoms with E-state index in [2.05, 4.69) is 4.98 Å². The Bertz CT molecular complexity index is 1220. The molecule has 6 nitrogen and oxygen atoms in total. The predicted molar refractivity (Wildman–Crippen MR) is 127 cm³/mol. The summed E-state index contributed by atoms with van der Waals surface area (Å²) in [6.45, 7) is 4.47. The number of ether oxygens (including phenoxy) is 1. The maximum atomic E-state index is 13.2. The first-order valence-electron chi connectivity index (χ1n) is 10.6. The van der Waals surface area contributed by atoms with Crippen molar-refractivity contribution in [2.75, 3.05) is 11.5 Å². The van der Waals surface area contributed by atoms with Crippen LogP contribution in [0, 0.1) is 6.92 Å². The van der Waals surface area contributed by atoms with Gasteiger partial charge in [-0.15, -0.1) is 0 Å². The number of Topliss-reactive ketones (excluding diaryl/α,β-unsaturated/α-hetero) is 1. The standard InChI is InChI=1S/C26H23ClN2O4/c1-3-14-33-21-12-7-17(15-16(21)2)24(30)22-23(20-6-4-5-13-28-20)29(26(32)25(22)31)19-10-8-18(27)9-11-19/h4-13,15,23,30H,3,14H2,1-2H3/b24-22-. The van der Waals surface area contributed by atoms with Crippen molar-refractivity contribution in [3.63, 3.8) is 0 Å². The largest absolute Gasteiger partial charge is 0.507 e. The second-order valence-electron chi connectivity index (χ2n) is 7.73. The molecule has 1 saturated heterocycles. The molecule has 0 spiro atoms. The number of benzene rings is 2. The number of pyridine rings is 1. The lowest BCUT2D eigenvalue weighted by molar-refractivity contribution is -0.132. The monoisotopic (exact) mass is 462 g/mol. The number of aromatic nitrogens is 1. The number of halogens is 1. The fourth-order valence-electron chi connectivity index (χ4n) is 3.84. The Labute approximate surface area is 197 Å². The zero-order chi connectivity index (χ0) is 23.5. The van der Waals surface area contributed by atoms with Gasteiger partial charge in [-0.2, -0.15) is 0 Å². The lowest BCUT2D eigenvalue weighted by Gasteiger charge is -2.24. The summed E-state index contributed by atoms with van der Waals surface area (Å²) in [6, 6.07) is 16.1. The van der Waals surface area contributed by atoms with E-state index in [1.54, 1.807) is 66.9 Å². The third-order valence-corrected chi connectivity index (χ3v) is 5.68. The van der Waals surface area contributed by atoms with Gasteiger partial charge in [-0.25, -0.2) is 0 Å². The van der Waals surface area contributed by atoms with E-state index < -0.39 is 17.7 Å². The molecule has 3 aromatic rings. The van der Waals surface area contributed by atoms with Crippen molar-refractivity contribution in [1.82, 2.24) is 4.98 Å². The summed E-state index contributed by atoms with van der Waals surface area (Å²) in [7, 11) is 0. The summed E-state index contributed by atoms with van der Waals surface area (Å²) in [5.41, 5.74) is 2.17. The van der Waals surface area contributed by atoms with E-state index in [9.17, 15) is 14.7 Å². The Morgan fingerprint density at radius 2 is 1.88 bits per heavy atom. The highest BCUT2D eigenvalue weighted by Gasteiger charge is 2.47. The van der Waals surface area contributed by atoms with Gasteiger partial charge in [0, 0.05) is 22.5 Å². The minimum atomic E-state index is -0.885. The number of ketones is 1. The summed E-state index contributed by atoms with van der Waals surface area (Å²) in [4.78, 5) is 32.0. The molecule has 2 aromatic carbocycles. The Morgan fingerprint density at radius 1 is 1.12 bits per heavy atom. The molecule has 7 heteroatoms. The summed E-state index contributed by atoms with van der Waals surface area (Å²) < 4.78 is 5.71. The normalized spacial score (nSPS) is 17.4. The van der Waals surface area contributed by atoms with E-state index in [4.69, 9.17) is 16.3 Å². The van der Waals surface area contributed by atoms with Gasteiger partial charge in [0.05, 0.1) is 17.9 Å². The average Bonchev–Trinajstić information content (AvgIpc) is 3.09. The van der Waals surface area contributed by atoms with Crippen molar-refractivity contribution in [3.8, 4) is 5.75 Å². The van der Waals surface area contributed by atoms with Crippen molar-refractivity contribution in [1.29, 1.82) is 0 Å². The van der Waals surface area contributed by atoms with E-state index in [0.717, 1.165) is 12.0 Å². The minimum absolute atomic E-state index is 0.0183. The topological polar surface area (TPSA) is 79.7 Å². The van der Waals surface area contributed by atoms with E-state index in [0.29, 0.717) is 34.3 Å². The molecular weight excluding hydrogens is 440 g/mol. The maximum absolute atomic E-state index is 13.2. The SMILES string of the molecule is CCCOc1ccc(/C(O)=C2/C(=O)C(=O)N(c3ccc(Cl)cc3)C2c2ccccn2)cc1C. The molecule has 0 radical (unpaired) electrons. The molecule has 2 heterocycles. The molecule has 1 aliphatic heterocycles. The molecule has 33 heavy (non-hydrogen) atoms. The van der Waals surface area contributed by atoms with Crippen LogP contribution in [0.1, 0.15) is 36.2 Å². The van der Waals surface area contributed by atoms with Gasteiger partial charge in [0.2, 0.25) is 0 Å². The van der Waals surface area contributed by atoms with Crippen LogP contribution in [-0.2, 0) is 9.59 Å². The maximum Gasteiger partial charge on any atom is 0.300 e. The zero-order valence-corrected chi connectivity index (χ0v) is 19.0. The number of anilines is 1. The molecule has 1 N–H and O–H groups in total.